The SMILES string of the molecule is CC(C)(C)OOC(=O)C(=O)N[C@@H](CC(=O)O)Cc1ccc(C(F)(F)F)cc1F. The second-order valence-corrected chi connectivity index (χ2v) is 6.84. The number of halogens is 4. The van der Waals surface area contributed by atoms with Gasteiger partial charge in [-0.15, -0.1) is 0 Å². The van der Waals surface area contributed by atoms with Crippen LogP contribution in [0.3, 0.4) is 0 Å². The van der Waals surface area contributed by atoms with Crippen molar-refractivity contribution < 1.29 is 46.8 Å². The minimum absolute atomic E-state index is 0.264. The first-order valence-electron chi connectivity index (χ1n) is 7.97. The van der Waals surface area contributed by atoms with Gasteiger partial charge in [-0.2, -0.15) is 18.1 Å². The zero-order chi connectivity index (χ0) is 21.7. The number of carboxylic acid groups (broad SMARTS) is 1. The number of carboxylic acids is 1. The molecule has 1 aromatic carbocycles. The Balaban J connectivity index is 2.88. The van der Waals surface area contributed by atoms with E-state index in [0.29, 0.717) is 6.07 Å². The maximum absolute atomic E-state index is 14.0. The number of hydrogen-bond donors (Lipinski definition) is 2. The monoisotopic (exact) mass is 409 g/mol. The highest BCUT2D eigenvalue weighted by Crippen LogP contribution is 2.30. The van der Waals surface area contributed by atoms with E-state index in [1.54, 1.807) is 20.8 Å². The van der Waals surface area contributed by atoms with Crippen LogP contribution in [0.25, 0.3) is 0 Å². The molecule has 1 aromatic rings. The summed E-state index contributed by atoms with van der Waals surface area (Å²) in [4.78, 5) is 43.3. The van der Waals surface area contributed by atoms with Gasteiger partial charge in [-0.3, -0.25) is 14.5 Å². The molecule has 2 N–H and O–H groups in total. The summed E-state index contributed by atoms with van der Waals surface area (Å²) in [7, 11) is 0. The van der Waals surface area contributed by atoms with Gasteiger partial charge in [0.25, 0.3) is 0 Å². The smallest absolute Gasteiger partial charge is 0.429 e. The number of carbonyl (C=O) groups excluding carboxylic acids is 2. The molecule has 0 aromatic heterocycles. The lowest BCUT2D eigenvalue weighted by molar-refractivity contribution is -0.317. The second kappa shape index (κ2) is 9.00. The zero-order valence-electron chi connectivity index (χ0n) is 15.2. The molecule has 7 nitrogen and oxygen atoms in total. The highest BCUT2D eigenvalue weighted by atomic mass is 19.4. The van der Waals surface area contributed by atoms with Crippen molar-refractivity contribution in [2.45, 2.75) is 51.4 Å². The molecule has 1 rings (SSSR count). The molecule has 0 aliphatic rings. The number of benzene rings is 1. The number of aliphatic carboxylic acids is 1. The summed E-state index contributed by atoms with van der Waals surface area (Å²) >= 11 is 0. The maximum atomic E-state index is 14.0. The lowest BCUT2D eigenvalue weighted by Crippen LogP contribution is -2.43. The molecule has 0 fully saturated rings. The van der Waals surface area contributed by atoms with Crippen LogP contribution in [0.4, 0.5) is 17.6 Å². The molecule has 0 bridgehead atoms. The molecule has 28 heavy (non-hydrogen) atoms. The van der Waals surface area contributed by atoms with E-state index in [4.69, 9.17) is 5.11 Å². The van der Waals surface area contributed by atoms with Gasteiger partial charge in [0, 0.05) is 6.04 Å². The van der Waals surface area contributed by atoms with Crippen molar-refractivity contribution in [3.63, 3.8) is 0 Å². The van der Waals surface area contributed by atoms with Crippen molar-refractivity contribution in [2.75, 3.05) is 0 Å². The van der Waals surface area contributed by atoms with Gasteiger partial charge in [0.1, 0.15) is 11.4 Å². The summed E-state index contributed by atoms with van der Waals surface area (Å²) < 4.78 is 51.7. The van der Waals surface area contributed by atoms with E-state index in [2.05, 4.69) is 9.78 Å². The van der Waals surface area contributed by atoms with E-state index in [0.717, 1.165) is 6.07 Å². The van der Waals surface area contributed by atoms with Crippen LogP contribution in [0.5, 0.6) is 0 Å². The third-order valence-electron chi connectivity index (χ3n) is 3.16. The molecule has 0 radical (unpaired) electrons. The van der Waals surface area contributed by atoms with E-state index >= 15 is 0 Å². The molecule has 156 valence electrons. The first-order chi connectivity index (χ1) is 12.7. The second-order valence-electron chi connectivity index (χ2n) is 6.84. The Morgan fingerprint density at radius 3 is 2.25 bits per heavy atom. The Morgan fingerprint density at radius 1 is 1.18 bits per heavy atom. The van der Waals surface area contributed by atoms with Crippen LogP contribution in [0.2, 0.25) is 0 Å². The van der Waals surface area contributed by atoms with Gasteiger partial charge in [0.2, 0.25) is 0 Å². The van der Waals surface area contributed by atoms with E-state index < -0.39 is 59.9 Å². The van der Waals surface area contributed by atoms with Crippen molar-refractivity contribution in [1.29, 1.82) is 0 Å². The Hall–Kier alpha value is -2.69. The number of nitrogens with one attached hydrogen (secondary N) is 1. The van der Waals surface area contributed by atoms with Crippen LogP contribution in [-0.2, 0) is 36.8 Å². The average molecular weight is 409 g/mol. The zero-order valence-corrected chi connectivity index (χ0v) is 15.2. The fourth-order valence-electron chi connectivity index (χ4n) is 1.98. The normalized spacial score (nSPS) is 13.0. The van der Waals surface area contributed by atoms with Gasteiger partial charge in [-0.1, -0.05) is 6.07 Å². The first kappa shape index (κ1) is 23.3. The number of carbonyl (C=O) groups is 3. The quantitative estimate of drug-likeness (QED) is 0.324. The largest absolute Gasteiger partial charge is 0.481 e. The fraction of sp³-hybridized carbons (Fsp3) is 0.471. The van der Waals surface area contributed by atoms with Gasteiger partial charge in [0.15, 0.2) is 0 Å². The lowest BCUT2D eigenvalue weighted by atomic mass is 10.0. The van der Waals surface area contributed by atoms with Crippen LogP contribution >= 0.6 is 0 Å². The predicted octanol–water partition coefficient (Wildman–Crippen LogP) is 2.62. The van der Waals surface area contributed by atoms with Crippen LogP contribution in [0.15, 0.2) is 18.2 Å². The Labute approximate surface area is 157 Å². The molecule has 11 heteroatoms. The van der Waals surface area contributed by atoms with E-state index in [-0.39, 0.29) is 11.6 Å². The lowest BCUT2D eigenvalue weighted by Gasteiger charge is -2.19. The van der Waals surface area contributed by atoms with Gasteiger partial charge in [0.05, 0.1) is 12.0 Å². The van der Waals surface area contributed by atoms with Crippen LogP contribution in [-0.4, -0.2) is 34.6 Å². The number of rotatable bonds is 6. The van der Waals surface area contributed by atoms with Gasteiger partial charge in [-0.05, 0) is 44.9 Å². The first-order valence-corrected chi connectivity index (χ1v) is 7.97. The summed E-state index contributed by atoms with van der Waals surface area (Å²) in [6.45, 7) is 4.62. The van der Waals surface area contributed by atoms with E-state index in [1.807, 2.05) is 5.32 Å². The molecule has 1 amide bonds. The average Bonchev–Trinajstić information content (AvgIpc) is 2.52. The number of hydrogen-bond acceptors (Lipinski definition) is 5. The van der Waals surface area contributed by atoms with Crippen LogP contribution in [0.1, 0.15) is 38.3 Å². The van der Waals surface area contributed by atoms with Crippen molar-refractivity contribution in [2.24, 2.45) is 0 Å². The minimum atomic E-state index is -4.75. The van der Waals surface area contributed by atoms with Crippen LogP contribution in [0, 0.1) is 5.82 Å². The van der Waals surface area contributed by atoms with Crippen molar-refractivity contribution >= 4 is 17.8 Å². The topological polar surface area (TPSA) is 102 Å². The van der Waals surface area contributed by atoms with E-state index in [9.17, 15) is 31.9 Å². The van der Waals surface area contributed by atoms with Crippen molar-refractivity contribution in [3.05, 3.63) is 35.1 Å². The molecule has 0 unspecified atom stereocenters. The van der Waals surface area contributed by atoms with Gasteiger partial charge < -0.3 is 10.4 Å². The number of alkyl halides is 3. The standard InChI is InChI=1S/C17H19F4NO6/c1-16(2,3)28-27-15(26)14(25)22-11(8-13(23)24)6-9-4-5-10(7-12(9)18)17(19,20)21/h4-5,7,11H,6,8H2,1-3H3,(H,22,25)(H,23,24)/t11-/m1/s1. The molecule has 0 spiro atoms. The summed E-state index contributed by atoms with van der Waals surface area (Å²) in [5.41, 5.74) is -2.38. The van der Waals surface area contributed by atoms with E-state index in [1.165, 1.54) is 0 Å². The fourth-order valence-corrected chi connectivity index (χ4v) is 1.98. The molecule has 0 aliphatic heterocycles. The number of amides is 1. The minimum Gasteiger partial charge on any atom is -0.481 e. The Bertz CT molecular complexity index is 742. The van der Waals surface area contributed by atoms with Crippen molar-refractivity contribution in [3.8, 4) is 0 Å². The predicted molar refractivity (Wildman–Crippen MR) is 86.2 cm³/mol. The summed E-state index contributed by atoms with van der Waals surface area (Å²) in [5.74, 6) is -5.41. The summed E-state index contributed by atoms with van der Waals surface area (Å²) in [5, 5.41) is 11.0. The Morgan fingerprint density at radius 2 is 1.79 bits per heavy atom. The third kappa shape index (κ3) is 7.91. The van der Waals surface area contributed by atoms with Crippen LogP contribution < -0.4 is 5.32 Å². The molecular weight excluding hydrogens is 390 g/mol. The summed E-state index contributed by atoms with van der Waals surface area (Å²) in [6.07, 6.45) is -5.92. The maximum Gasteiger partial charge on any atom is 0.429 e. The molecular formula is C17H19F4NO6. The highest BCUT2D eigenvalue weighted by molar-refractivity contribution is 6.32. The van der Waals surface area contributed by atoms with Gasteiger partial charge >= 0.3 is 24.0 Å². The third-order valence-corrected chi connectivity index (χ3v) is 3.16. The molecule has 0 saturated heterocycles. The van der Waals surface area contributed by atoms with Gasteiger partial charge in [-0.25, -0.2) is 9.18 Å². The Kier molecular flexibility index (Phi) is 7.51. The summed E-state index contributed by atoms with van der Waals surface area (Å²) in [6, 6.07) is 0.447. The highest BCUT2D eigenvalue weighted by Gasteiger charge is 2.32. The molecule has 0 saturated carbocycles. The molecule has 1 atom stereocenters. The van der Waals surface area contributed by atoms with Crippen molar-refractivity contribution in [1.82, 2.24) is 5.32 Å². The molecule has 0 aliphatic carbocycles. The molecule has 0 heterocycles.